The molecule has 0 aliphatic rings. The van der Waals surface area contributed by atoms with Crippen LogP contribution in [0.1, 0.15) is 21.5 Å². The summed E-state index contributed by atoms with van der Waals surface area (Å²) in [5.41, 5.74) is 4.22. The quantitative estimate of drug-likeness (QED) is 0.661. The Labute approximate surface area is 154 Å². The van der Waals surface area contributed by atoms with Gasteiger partial charge in [0.15, 0.2) is 0 Å². The molecular weight excluding hydrogens is 380 g/mol. The van der Waals surface area contributed by atoms with Gasteiger partial charge in [-0.05, 0) is 43.7 Å². The summed E-state index contributed by atoms with van der Waals surface area (Å²) in [5.74, 6) is 0.196. The zero-order valence-corrected chi connectivity index (χ0v) is 15.5. The van der Waals surface area contributed by atoms with Gasteiger partial charge in [-0.2, -0.15) is 0 Å². The van der Waals surface area contributed by atoms with E-state index in [0.29, 0.717) is 11.5 Å². The predicted molar refractivity (Wildman–Crippen MR) is 103 cm³/mol. The smallest absolute Gasteiger partial charge is 0.258 e. The maximum absolute atomic E-state index is 12.3. The van der Waals surface area contributed by atoms with E-state index in [0.717, 1.165) is 27.0 Å². The summed E-state index contributed by atoms with van der Waals surface area (Å²) >= 11 is 3.41. The molecule has 0 spiro atoms. The van der Waals surface area contributed by atoms with E-state index in [9.17, 15) is 4.79 Å². The Bertz CT molecular complexity index is 910. The molecule has 2 N–H and O–H groups in total. The van der Waals surface area contributed by atoms with E-state index in [1.54, 1.807) is 0 Å². The first-order valence-corrected chi connectivity index (χ1v) is 8.54. The van der Waals surface area contributed by atoms with Gasteiger partial charge in [0.2, 0.25) is 5.95 Å². The molecule has 1 amide bonds. The highest BCUT2D eigenvalue weighted by Gasteiger charge is 2.09. The Balaban J connectivity index is 1.70. The van der Waals surface area contributed by atoms with Gasteiger partial charge in [0, 0.05) is 28.2 Å². The number of nitrogens with zero attached hydrogens (tertiary/aromatic N) is 2. The van der Waals surface area contributed by atoms with Crippen LogP contribution in [0.5, 0.6) is 0 Å². The second-order valence-corrected chi connectivity index (χ2v) is 6.62. The van der Waals surface area contributed by atoms with Crippen LogP contribution in [0, 0.1) is 13.8 Å². The fourth-order valence-corrected chi connectivity index (χ4v) is 2.75. The van der Waals surface area contributed by atoms with Gasteiger partial charge in [-0.25, -0.2) is 9.97 Å². The van der Waals surface area contributed by atoms with Crippen LogP contribution >= 0.6 is 15.9 Å². The van der Waals surface area contributed by atoms with Crippen molar-refractivity contribution in [3.63, 3.8) is 0 Å². The molecule has 126 valence electrons. The molecular formula is C19H17BrN4O. The molecule has 0 fully saturated rings. The molecule has 0 aliphatic carbocycles. The van der Waals surface area contributed by atoms with E-state index in [4.69, 9.17) is 0 Å². The molecule has 0 saturated heterocycles. The van der Waals surface area contributed by atoms with Gasteiger partial charge < -0.3 is 10.6 Å². The zero-order chi connectivity index (χ0) is 17.8. The fraction of sp³-hybridized carbons (Fsp3) is 0.105. The predicted octanol–water partition coefficient (Wildman–Crippen LogP) is 4.85. The first-order chi connectivity index (χ1) is 12.0. The van der Waals surface area contributed by atoms with Crippen LogP contribution in [0.15, 0.2) is 59.3 Å². The normalized spacial score (nSPS) is 10.4. The van der Waals surface area contributed by atoms with Crippen molar-refractivity contribution in [1.82, 2.24) is 9.97 Å². The molecule has 3 rings (SSSR count). The van der Waals surface area contributed by atoms with E-state index in [-0.39, 0.29) is 5.91 Å². The first kappa shape index (κ1) is 17.1. The summed E-state index contributed by atoms with van der Waals surface area (Å²) < 4.78 is 0.960. The highest BCUT2D eigenvalue weighted by molar-refractivity contribution is 9.10. The second kappa shape index (κ2) is 7.44. The van der Waals surface area contributed by atoms with E-state index >= 15 is 0 Å². The monoisotopic (exact) mass is 396 g/mol. The van der Waals surface area contributed by atoms with Crippen molar-refractivity contribution in [1.29, 1.82) is 0 Å². The van der Waals surface area contributed by atoms with Crippen molar-refractivity contribution in [2.75, 3.05) is 10.6 Å². The van der Waals surface area contributed by atoms with E-state index in [2.05, 4.69) is 36.5 Å². The summed E-state index contributed by atoms with van der Waals surface area (Å²) in [6.07, 6.45) is 3.01. The molecule has 5 nitrogen and oxygen atoms in total. The highest BCUT2D eigenvalue weighted by atomic mass is 79.9. The Morgan fingerprint density at radius 3 is 2.48 bits per heavy atom. The molecule has 0 aliphatic heterocycles. The lowest BCUT2D eigenvalue weighted by atomic mass is 10.1. The minimum Gasteiger partial charge on any atom is -0.324 e. The Morgan fingerprint density at radius 2 is 1.80 bits per heavy atom. The molecule has 0 bridgehead atoms. The van der Waals surface area contributed by atoms with Crippen molar-refractivity contribution < 1.29 is 4.79 Å². The maximum atomic E-state index is 12.3. The molecule has 2 aromatic carbocycles. The van der Waals surface area contributed by atoms with Crippen LogP contribution in [0.4, 0.5) is 17.3 Å². The number of aromatic nitrogens is 2. The number of rotatable bonds is 4. The number of aryl methyl sites for hydroxylation is 2. The molecule has 25 heavy (non-hydrogen) atoms. The topological polar surface area (TPSA) is 66.9 Å². The van der Waals surface area contributed by atoms with E-state index in [1.165, 1.54) is 12.4 Å². The first-order valence-electron chi connectivity index (χ1n) is 7.74. The van der Waals surface area contributed by atoms with E-state index < -0.39 is 0 Å². The van der Waals surface area contributed by atoms with Crippen molar-refractivity contribution in [3.8, 4) is 0 Å². The lowest BCUT2D eigenvalue weighted by molar-refractivity contribution is 0.102. The summed E-state index contributed by atoms with van der Waals surface area (Å²) in [7, 11) is 0. The number of anilines is 3. The van der Waals surface area contributed by atoms with Crippen LogP contribution in [0.25, 0.3) is 0 Å². The summed E-state index contributed by atoms with van der Waals surface area (Å²) in [4.78, 5) is 20.8. The number of carbonyl (C=O) groups excluding carboxylic acids is 1. The molecule has 1 heterocycles. The summed E-state index contributed by atoms with van der Waals surface area (Å²) in [5, 5.41) is 5.98. The number of nitrogens with one attached hydrogen (secondary N) is 2. The lowest BCUT2D eigenvalue weighted by Crippen LogP contribution is -2.14. The molecule has 0 atom stereocenters. The van der Waals surface area contributed by atoms with Gasteiger partial charge >= 0.3 is 0 Å². The Hall–Kier alpha value is -2.73. The van der Waals surface area contributed by atoms with Crippen molar-refractivity contribution in [2.24, 2.45) is 0 Å². The van der Waals surface area contributed by atoms with E-state index in [1.807, 2.05) is 56.3 Å². The van der Waals surface area contributed by atoms with Gasteiger partial charge in [-0.15, -0.1) is 0 Å². The summed E-state index contributed by atoms with van der Waals surface area (Å²) in [6, 6.07) is 13.6. The third kappa shape index (κ3) is 4.42. The van der Waals surface area contributed by atoms with Crippen LogP contribution < -0.4 is 10.6 Å². The number of hydrogen-bond donors (Lipinski definition) is 2. The SMILES string of the molecule is Cc1ccc(NC(=O)c2cnc(Nc3cccc(Br)c3)nc2)c(C)c1. The molecule has 0 saturated carbocycles. The number of benzene rings is 2. The fourth-order valence-electron chi connectivity index (χ4n) is 2.35. The van der Waals surface area contributed by atoms with Crippen LogP contribution in [0.2, 0.25) is 0 Å². The minimum absolute atomic E-state index is 0.235. The van der Waals surface area contributed by atoms with Gasteiger partial charge in [-0.1, -0.05) is 39.7 Å². The van der Waals surface area contributed by atoms with Gasteiger partial charge in [0.05, 0.1) is 5.56 Å². The Morgan fingerprint density at radius 1 is 1.04 bits per heavy atom. The zero-order valence-electron chi connectivity index (χ0n) is 13.9. The maximum Gasteiger partial charge on any atom is 0.258 e. The lowest BCUT2D eigenvalue weighted by Gasteiger charge is -2.09. The van der Waals surface area contributed by atoms with Crippen molar-refractivity contribution in [3.05, 3.63) is 76.0 Å². The van der Waals surface area contributed by atoms with Gasteiger partial charge in [0.25, 0.3) is 5.91 Å². The average molecular weight is 397 g/mol. The third-order valence-electron chi connectivity index (χ3n) is 3.62. The van der Waals surface area contributed by atoms with Gasteiger partial charge in [0.1, 0.15) is 0 Å². The standard InChI is InChI=1S/C19H17BrN4O/c1-12-6-7-17(13(2)8-12)24-18(25)14-10-21-19(22-11-14)23-16-5-3-4-15(20)9-16/h3-11H,1-2H3,(H,24,25)(H,21,22,23). The van der Waals surface area contributed by atoms with Crippen molar-refractivity contribution in [2.45, 2.75) is 13.8 Å². The number of hydrogen-bond acceptors (Lipinski definition) is 4. The number of amides is 1. The molecule has 3 aromatic rings. The largest absolute Gasteiger partial charge is 0.324 e. The second-order valence-electron chi connectivity index (χ2n) is 5.70. The molecule has 0 unspecified atom stereocenters. The minimum atomic E-state index is -0.235. The van der Waals surface area contributed by atoms with Crippen LogP contribution in [0.3, 0.4) is 0 Å². The van der Waals surface area contributed by atoms with Crippen molar-refractivity contribution >= 4 is 39.2 Å². The average Bonchev–Trinajstić information content (AvgIpc) is 2.58. The third-order valence-corrected chi connectivity index (χ3v) is 4.12. The van der Waals surface area contributed by atoms with Crippen LogP contribution in [-0.2, 0) is 0 Å². The molecule has 0 radical (unpaired) electrons. The Kier molecular flexibility index (Phi) is 5.09. The van der Waals surface area contributed by atoms with Gasteiger partial charge in [-0.3, -0.25) is 4.79 Å². The number of halogens is 1. The summed E-state index contributed by atoms with van der Waals surface area (Å²) in [6.45, 7) is 3.98. The molecule has 1 aromatic heterocycles. The van der Waals surface area contributed by atoms with Crippen LogP contribution in [-0.4, -0.2) is 15.9 Å². The molecule has 6 heteroatoms. The number of carbonyl (C=O) groups is 1. The highest BCUT2D eigenvalue weighted by Crippen LogP contribution is 2.19.